The van der Waals surface area contributed by atoms with Gasteiger partial charge < -0.3 is 9.67 Å². The van der Waals surface area contributed by atoms with E-state index >= 15 is 0 Å². The van der Waals surface area contributed by atoms with Gasteiger partial charge in [0.15, 0.2) is 5.60 Å². The summed E-state index contributed by atoms with van der Waals surface area (Å²) >= 11 is 12.6. The molecule has 1 unspecified atom stereocenters. The molecule has 3 heterocycles. The number of pyridine rings is 2. The highest BCUT2D eigenvalue weighted by Crippen LogP contribution is 2.41. The highest BCUT2D eigenvalue weighted by atomic mass is 35.5. The summed E-state index contributed by atoms with van der Waals surface area (Å²) in [6.07, 6.45) is -1.74. The third kappa shape index (κ3) is 4.70. The van der Waals surface area contributed by atoms with Crippen molar-refractivity contribution in [2.45, 2.75) is 31.0 Å². The van der Waals surface area contributed by atoms with Crippen LogP contribution in [-0.4, -0.2) is 30.5 Å². The minimum absolute atomic E-state index is 0.0202. The van der Waals surface area contributed by atoms with Crippen LogP contribution in [0.15, 0.2) is 49.1 Å². The van der Waals surface area contributed by atoms with Crippen molar-refractivity contribution in [1.82, 2.24) is 19.5 Å². The van der Waals surface area contributed by atoms with Crippen LogP contribution in [0.3, 0.4) is 0 Å². The van der Waals surface area contributed by atoms with E-state index in [2.05, 4.69) is 15.0 Å². The smallest absolute Gasteiger partial charge is 0.374 e. The lowest BCUT2D eigenvalue weighted by Gasteiger charge is -2.30. The largest absolute Gasteiger partial charge is 0.433 e. The number of aromatic nitrogens is 4. The summed E-state index contributed by atoms with van der Waals surface area (Å²) in [6.45, 7) is 0.721. The lowest BCUT2D eigenvalue weighted by atomic mass is 9.83. The van der Waals surface area contributed by atoms with E-state index in [1.807, 2.05) is 0 Å². The molecule has 0 fully saturated rings. The monoisotopic (exact) mass is 530 g/mol. The number of aryl methyl sites for hydroxylation is 1. The van der Waals surface area contributed by atoms with Gasteiger partial charge in [-0.15, -0.1) is 0 Å². The molecule has 0 bridgehead atoms. The Bertz CT molecular complexity index is 1400. The van der Waals surface area contributed by atoms with Crippen LogP contribution in [0, 0.1) is 0 Å². The second-order valence-corrected chi connectivity index (χ2v) is 8.94. The highest BCUT2D eigenvalue weighted by Gasteiger charge is 2.39. The molecule has 1 N–H and O–H groups in total. The molecule has 0 aliphatic carbocycles. The molecule has 0 spiro atoms. The molecule has 5 nitrogen and oxygen atoms in total. The molecule has 35 heavy (non-hydrogen) atoms. The lowest BCUT2D eigenvalue weighted by molar-refractivity contribution is -0.141. The first kappa shape index (κ1) is 25.3. The van der Waals surface area contributed by atoms with Crippen LogP contribution in [0.4, 0.5) is 22.0 Å². The summed E-state index contributed by atoms with van der Waals surface area (Å²) in [4.78, 5) is 11.6. The second-order valence-electron chi connectivity index (χ2n) is 8.20. The maximum atomic E-state index is 13.7. The molecule has 12 heteroatoms. The van der Waals surface area contributed by atoms with Gasteiger partial charge in [0.05, 0.1) is 28.8 Å². The average Bonchev–Trinajstić information content (AvgIpc) is 3.21. The molecule has 0 saturated carbocycles. The van der Waals surface area contributed by atoms with Crippen molar-refractivity contribution in [1.29, 1.82) is 0 Å². The molecule has 0 amide bonds. The Morgan fingerprint density at radius 1 is 1.00 bits per heavy atom. The summed E-state index contributed by atoms with van der Waals surface area (Å²) in [7, 11) is 1.60. The van der Waals surface area contributed by atoms with Gasteiger partial charge in [-0.05, 0) is 30.7 Å². The van der Waals surface area contributed by atoms with Crippen LogP contribution in [0.5, 0.6) is 0 Å². The van der Waals surface area contributed by atoms with E-state index in [4.69, 9.17) is 23.2 Å². The van der Waals surface area contributed by atoms with Crippen LogP contribution >= 0.6 is 23.2 Å². The van der Waals surface area contributed by atoms with Gasteiger partial charge in [-0.25, -0.2) is 18.7 Å². The Hall–Kier alpha value is -2.82. The number of hydrogen-bond acceptors (Lipinski definition) is 4. The maximum Gasteiger partial charge on any atom is 0.433 e. The zero-order chi connectivity index (χ0) is 25.8. The van der Waals surface area contributed by atoms with Gasteiger partial charge >= 0.3 is 6.18 Å². The van der Waals surface area contributed by atoms with Gasteiger partial charge in [0, 0.05) is 36.2 Å². The molecule has 0 aliphatic rings. The van der Waals surface area contributed by atoms with Crippen molar-refractivity contribution < 1.29 is 27.1 Å². The summed E-state index contributed by atoms with van der Waals surface area (Å²) in [5.41, 5.74) is -2.51. The fraction of sp³-hybridized carbons (Fsp3) is 0.261. The summed E-state index contributed by atoms with van der Waals surface area (Å²) in [5.74, 6) is -3.11. The standard InChI is InChI=1S/C23H17Cl2F5N4O/c1-21(26,27)8-15-19(24)14-7-12(3-5-16(14)33-20(15)25)22(35,18-10-31-11-34(18)2)13-4-6-17(32-9-13)23(28,29)30/h3-7,9-11,35H,8H2,1-2H3. The summed E-state index contributed by atoms with van der Waals surface area (Å²) in [6, 6.07) is 6.27. The number of imidazole rings is 1. The van der Waals surface area contributed by atoms with E-state index in [1.54, 1.807) is 7.05 Å². The minimum atomic E-state index is -4.66. The van der Waals surface area contributed by atoms with Gasteiger partial charge in [0.25, 0.3) is 0 Å². The molecule has 1 atom stereocenters. The Morgan fingerprint density at radius 2 is 1.69 bits per heavy atom. The fourth-order valence-corrected chi connectivity index (χ4v) is 4.47. The van der Waals surface area contributed by atoms with Crippen molar-refractivity contribution in [3.05, 3.63) is 87.3 Å². The van der Waals surface area contributed by atoms with Gasteiger partial charge in [-0.1, -0.05) is 35.3 Å². The Labute approximate surface area is 206 Å². The third-order valence-electron chi connectivity index (χ3n) is 5.53. The van der Waals surface area contributed by atoms with Crippen molar-refractivity contribution in [3.8, 4) is 0 Å². The average molecular weight is 531 g/mol. The summed E-state index contributed by atoms with van der Waals surface area (Å²) < 4.78 is 68.1. The van der Waals surface area contributed by atoms with Gasteiger partial charge in [0.2, 0.25) is 5.92 Å². The first-order valence-corrected chi connectivity index (χ1v) is 10.9. The van der Waals surface area contributed by atoms with Crippen LogP contribution in [0.2, 0.25) is 10.2 Å². The Balaban J connectivity index is 1.95. The number of halogens is 7. The van der Waals surface area contributed by atoms with Crippen LogP contribution in [-0.2, 0) is 25.2 Å². The molecular formula is C23H17Cl2F5N4O. The molecule has 0 saturated heterocycles. The van der Waals surface area contributed by atoms with E-state index in [-0.39, 0.29) is 43.5 Å². The van der Waals surface area contributed by atoms with Gasteiger partial charge in [-0.3, -0.25) is 4.98 Å². The third-order valence-corrected chi connectivity index (χ3v) is 6.27. The number of aliphatic hydroxyl groups is 1. The van der Waals surface area contributed by atoms with Gasteiger partial charge in [-0.2, -0.15) is 13.2 Å². The van der Waals surface area contributed by atoms with Crippen LogP contribution < -0.4 is 0 Å². The predicted octanol–water partition coefficient (Wildman–Crippen LogP) is 6.17. The molecule has 3 aromatic heterocycles. The van der Waals surface area contributed by atoms with Crippen molar-refractivity contribution >= 4 is 34.1 Å². The molecule has 0 aliphatic heterocycles. The molecule has 0 radical (unpaired) electrons. The minimum Gasteiger partial charge on any atom is -0.374 e. The van der Waals surface area contributed by atoms with Crippen LogP contribution in [0.1, 0.15) is 35.0 Å². The first-order valence-electron chi connectivity index (χ1n) is 10.1. The molecular weight excluding hydrogens is 514 g/mol. The topological polar surface area (TPSA) is 63.8 Å². The number of nitrogens with zero attached hydrogens (tertiary/aromatic N) is 4. The van der Waals surface area contributed by atoms with E-state index < -0.39 is 29.8 Å². The number of rotatable bonds is 5. The van der Waals surface area contributed by atoms with E-state index in [9.17, 15) is 27.1 Å². The molecule has 4 aromatic rings. The fourth-order valence-electron chi connectivity index (χ4n) is 3.87. The number of benzene rings is 1. The van der Waals surface area contributed by atoms with E-state index in [0.717, 1.165) is 25.3 Å². The van der Waals surface area contributed by atoms with Crippen LogP contribution in [0.25, 0.3) is 10.9 Å². The Kier molecular flexibility index (Phi) is 6.27. The van der Waals surface area contributed by atoms with E-state index in [0.29, 0.717) is 0 Å². The molecule has 1 aromatic carbocycles. The number of hydrogen-bond donors (Lipinski definition) is 1. The van der Waals surface area contributed by atoms with E-state index in [1.165, 1.54) is 35.3 Å². The number of alkyl halides is 5. The van der Waals surface area contributed by atoms with Crippen molar-refractivity contribution in [3.63, 3.8) is 0 Å². The zero-order valence-corrected chi connectivity index (χ0v) is 19.7. The lowest BCUT2D eigenvalue weighted by Crippen LogP contribution is -2.31. The maximum absolute atomic E-state index is 13.7. The SMILES string of the molecule is Cn1cncc1C(O)(c1ccc(C(F)(F)F)nc1)c1ccc2nc(Cl)c(CC(C)(F)F)c(Cl)c2c1. The summed E-state index contributed by atoms with van der Waals surface area (Å²) in [5, 5.41) is 11.9. The molecule has 184 valence electrons. The molecule has 4 rings (SSSR count). The normalized spacial score (nSPS) is 14.3. The number of fused-ring (bicyclic) bond motifs is 1. The second kappa shape index (κ2) is 8.69. The Morgan fingerprint density at radius 3 is 2.23 bits per heavy atom. The zero-order valence-electron chi connectivity index (χ0n) is 18.2. The highest BCUT2D eigenvalue weighted by molar-refractivity contribution is 6.39. The quantitative estimate of drug-likeness (QED) is 0.247. The van der Waals surface area contributed by atoms with Crippen molar-refractivity contribution in [2.24, 2.45) is 7.05 Å². The van der Waals surface area contributed by atoms with Gasteiger partial charge in [0.1, 0.15) is 10.8 Å². The first-order chi connectivity index (χ1) is 16.2. The predicted molar refractivity (Wildman–Crippen MR) is 121 cm³/mol. The van der Waals surface area contributed by atoms with Crippen molar-refractivity contribution in [2.75, 3.05) is 0 Å².